The minimum Gasteiger partial charge on any atom is -0.480 e. The van der Waals surface area contributed by atoms with Crippen LogP contribution >= 0.6 is 0 Å². The summed E-state index contributed by atoms with van der Waals surface area (Å²) in [5.41, 5.74) is 1.06. The van der Waals surface area contributed by atoms with Gasteiger partial charge in [-0.05, 0) is 51.4 Å². The number of rotatable bonds is 7. The van der Waals surface area contributed by atoms with E-state index in [9.17, 15) is 19.5 Å². The van der Waals surface area contributed by atoms with E-state index in [1.807, 2.05) is 13.8 Å². The highest BCUT2D eigenvalue weighted by molar-refractivity contribution is 5.97. The number of carboxylic acid groups (broad SMARTS) is 1. The summed E-state index contributed by atoms with van der Waals surface area (Å²) >= 11 is 0. The van der Waals surface area contributed by atoms with Gasteiger partial charge in [0.25, 0.3) is 5.91 Å². The Bertz CT molecular complexity index is 658. The molecule has 2 N–H and O–H groups in total. The first-order chi connectivity index (χ1) is 12.5. The largest absolute Gasteiger partial charge is 0.480 e. The highest BCUT2D eigenvalue weighted by Crippen LogP contribution is 2.18. The highest BCUT2D eigenvalue weighted by Gasteiger charge is 2.29. The molecule has 1 aromatic rings. The van der Waals surface area contributed by atoms with E-state index in [0.717, 1.165) is 12.8 Å². The number of nitrogens with one attached hydrogen (secondary N) is 1. The second-order valence-electron chi connectivity index (χ2n) is 6.43. The molecule has 1 heterocycles. The molecule has 2 rings (SSSR count). The molecule has 2 amide bonds. The average molecular weight is 361 g/mol. The molecular weight excluding hydrogens is 334 g/mol. The average Bonchev–Trinajstić information content (AvgIpc) is 2.63. The van der Waals surface area contributed by atoms with Gasteiger partial charge in [-0.25, -0.2) is 0 Å². The van der Waals surface area contributed by atoms with Crippen LogP contribution < -0.4 is 5.32 Å². The lowest BCUT2D eigenvalue weighted by Crippen LogP contribution is -2.47. The van der Waals surface area contributed by atoms with Crippen LogP contribution in [-0.2, 0) is 9.59 Å². The van der Waals surface area contributed by atoms with Gasteiger partial charge in [-0.3, -0.25) is 19.3 Å². The van der Waals surface area contributed by atoms with E-state index in [1.54, 1.807) is 34.1 Å². The molecule has 26 heavy (non-hydrogen) atoms. The number of anilines is 1. The van der Waals surface area contributed by atoms with Gasteiger partial charge in [-0.2, -0.15) is 0 Å². The van der Waals surface area contributed by atoms with Crippen LogP contribution in [0.5, 0.6) is 0 Å². The van der Waals surface area contributed by atoms with Gasteiger partial charge in [0.1, 0.15) is 6.04 Å². The van der Waals surface area contributed by atoms with Crippen molar-refractivity contribution in [3.05, 3.63) is 29.8 Å². The minimum absolute atomic E-state index is 0.0329. The van der Waals surface area contributed by atoms with Crippen molar-refractivity contribution in [1.82, 2.24) is 9.80 Å². The van der Waals surface area contributed by atoms with E-state index in [2.05, 4.69) is 5.32 Å². The van der Waals surface area contributed by atoms with Crippen molar-refractivity contribution in [3.8, 4) is 0 Å². The summed E-state index contributed by atoms with van der Waals surface area (Å²) in [6, 6.07) is 6.23. The Morgan fingerprint density at radius 3 is 2.62 bits per heavy atom. The van der Waals surface area contributed by atoms with Crippen molar-refractivity contribution < 1.29 is 19.5 Å². The van der Waals surface area contributed by atoms with Crippen LogP contribution in [0.15, 0.2) is 24.3 Å². The number of carboxylic acids is 1. The fourth-order valence-electron chi connectivity index (χ4n) is 3.27. The Balaban J connectivity index is 2.01. The molecule has 1 saturated heterocycles. The Morgan fingerprint density at radius 2 is 1.96 bits per heavy atom. The van der Waals surface area contributed by atoms with Crippen molar-refractivity contribution in [2.75, 3.05) is 31.5 Å². The summed E-state index contributed by atoms with van der Waals surface area (Å²) in [7, 11) is 0. The molecule has 1 aromatic carbocycles. The lowest BCUT2D eigenvalue weighted by atomic mass is 10.0. The van der Waals surface area contributed by atoms with Crippen LogP contribution in [-0.4, -0.2) is 64.9 Å². The topological polar surface area (TPSA) is 90.0 Å². The van der Waals surface area contributed by atoms with E-state index < -0.39 is 12.0 Å². The Kier molecular flexibility index (Phi) is 7.15. The van der Waals surface area contributed by atoms with Crippen LogP contribution in [0, 0.1) is 0 Å². The molecule has 1 unspecified atom stereocenters. The lowest BCUT2D eigenvalue weighted by Gasteiger charge is -2.32. The summed E-state index contributed by atoms with van der Waals surface area (Å²) in [5, 5.41) is 12.1. The van der Waals surface area contributed by atoms with Gasteiger partial charge < -0.3 is 15.3 Å². The summed E-state index contributed by atoms with van der Waals surface area (Å²) in [6.07, 6.45) is 2.33. The molecule has 7 nitrogen and oxygen atoms in total. The molecule has 1 aliphatic rings. The summed E-state index contributed by atoms with van der Waals surface area (Å²) < 4.78 is 0. The zero-order valence-corrected chi connectivity index (χ0v) is 15.4. The Morgan fingerprint density at radius 1 is 1.23 bits per heavy atom. The number of carbonyl (C=O) groups is 3. The molecule has 0 saturated carbocycles. The number of carbonyl (C=O) groups excluding carboxylic acids is 2. The number of hydrogen-bond acceptors (Lipinski definition) is 4. The molecule has 0 radical (unpaired) electrons. The smallest absolute Gasteiger partial charge is 0.320 e. The van der Waals surface area contributed by atoms with Gasteiger partial charge in [0.2, 0.25) is 5.91 Å². The summed E-state index contributed by atoms with van der Waals surface area (Å²) in [4.78, 5) is 39.5. The number of likely N-dealkylation sites (tertiary alicyclic amines) is 1. The predicted octanol–water partition coefficient (Wildman–Crippen LogP) is 2.05. The number of piperidine rings is 1. The zero-order chi connectivity index (χ0) is 19.1. The predicted molar refractivity (Wildman–Crippen MR) is 99.2 cm³/mol. The van der Waals surface area contributed by atoms with Gasteiger partial charge in [0.05, 0.1) is 6.54 Å². The molecule has 7 heteroatoms. The van der Waals surface area contributed by atoms with Gasteiger partial charge in [-0.15, -0.1) is 0 Å². The normalized spacial score (nSPS) is 17.5. The number of benzene rings is 1. The van der Waals surface area contributed by atoms with Crippen LogP contribution in [0.3, 0.4) is 0 Å². The third-order valence-electron chi connectivity index (χ3n) is 4.69. The van der Waals surface area contributed by atoms with Crippen LogP contribution in [0.2, 0.25) is 0 Å². The summed E-state index contributed by atoms with van der Waals surface area (Å²) in [6.45, 7) is 5.72. The fourth-order valence-corrected chi connectivity index (χ4v) is 3.27. The quantitative estimate of drug-likeness (QED) is 0.776. The molecule has 0 spiro atoms. The molecule has 0 aliphatic carbocycles. The van der Waals surface area contributed by atoms with Crippen molar-refractivity contribution in [2.45, 2.75) is 39.2 Å². The number of amides is 2. The lowest BCUT2D eigenvalue weighted by molar-refractivity contribution is -0.145. The molecule has 0 aromatic heterocycles. The van der Waals surface area contributed by atoms with E-state index >= 15 is 0 Å². The van der Waals surface area contributed by atoms with E-state index in [0.29, 0.717) is 37.3 Å². The SMILES string of the molecule is CCN(CC)C(=O)c1cccc(NC(=O)CN2CCCCC2C(=O)O)c1. The second-order valence-corrected chi connectivity index (χ2v) is 6.43. The number of nitrogens with zero attached hydrogens (tertiary/aromatic N) is 2. The van der Waals surface area contributed by atoms with Crippen LogP contribution in [0.25, 0.3) is 0 Å². The Hall–Kier alpha value is -2.41. The van der Waals surface area contributed by atoms with Gasteiger partial charge in [0, 0.05) is 24.3 Å². The number of hydrogen-bond donors (Lipinski definition) is 2. The monoisotopic (exact) mass is 361 g/mol. The van der Waals surface area contributed by atoms with Crippen molar-refractivity contribution in [3.63, 3.8) is 0 Å². The van der Waals surface area contributed by atoms with Crippen molar-refractivity contribution in [2.24, 2.45) is 0 Å². The second kappa shape index (κ2) is 9.33. The molecule has 142 valence electrons. The molecule has 1 aliphatic heterocycles. The third kappa shape index (κ3) is 5.05. The third-order valence-corrected chi connectivity index (χ3v) is 4.69. The van der Waals surface area contributed by atoms with E-state index in [4.69, 9.17) is 0 Å². The summed E-state index contributed by atoms with van der Waals surface area (Å²) in [5.74, 6) is -1.23. The fraction of sp³-hybridized carbons (Fsp3) is 0.526. The van der Waals surface area contributed by atoms with Crippen LogP contribution in [0.4, 0.5) is 5.69 Å². The highest BCUT2D eigenvalue weighted by atomic mass is 16.4. The van der Waals surface area contributed by atoms with E-state index in [-0.39, 0.29) is 18.4 Å². The molecule has 0 bridgehead atoms. The van der Waals surface area contributed by atoms with Gasteiger partial charge in [-0.1, -0.05) is 12.5 Å². The van der Waals surface area contributed by atoms with Crippen molar-refractivity contribution in [1.29, 1.82) is 0 Å². The number of aliphatic carboxylic acids is 1. The maximum atomic E-state index is 12.4. The van der Waals surface area contributed by atoms with Crippen LogP contribution in [0.1, 0.15) is 43.5 Å². The first-order valence-corrected chi connectivity index (χ1v) is 9.12. The first-order valence-electron chi connectivity index (χ1n) is 9.12. The maximum Gasteiger partial charge on any atom is 0.320 e. The van der Waals surface area contributed by atoms with E-state index in [1.165, 1.54) is 0 Å². The molecule has 1 fully saturated rings. The Labute approximate surface area is 154 Å². The molecule has 1 atom stereocenters. The van der Waals surface area contributed by atoms with Crippen molar-refractivity contribution >= 4 is 23.5 Å². The van der Waals surface area contributed by atoms with Gasteiger partial charge >= 0.3 is 5.97 Å². The standard InChI is InChI=1S/C19H27N3O4/c1-3-21(4-2)18(24)14-8-7-9-15(12-14)20-17(23)13-22-11-6-5-10-16(22)19(25)26/h7-9,12,16H,3-6,10-11,13H2,1-2H3,(H,20,23)(H,25,26). The molecular formula is C19H27N3O4. The minimum atomic E-state index is -0.885. The van der Waals surface area contributed by atoms with Gasteiger partial charge in [0.15, 0.2) is 0 Å². The zero-order valence-electron chi connectivity index (χ0n) is 15.4. The maximum absolute atomic E-state index is 12.4. The first kappa shape index (κ1) is 19.9.